The lowest BCUT2D eigenvalue weighted by Crippen LogP contribution is -2.09. The molecular weight excluding hydrogens is 559 g/mol. The first-order valence-corrected chi connectivity index (χ1v) is 11.7. The van der Waals surface area contributed by atoms with Gasteiger partial charge in [0.2, 0.25) is 5.06 Å². The van der Waals surface area contributed by atoms with Crippen molar-refractivity contribution in [1.82, 2.24) is 4.98 Å². The summed E-state index contributed by atoms with van der Waals surface area (Å²) in [6.45, 7) is 0. The number of carbonyl (C=O) groups is 1. The van der Waals surface area contributed by atoms with Crippen molar-refractivity contribution in [3.63, 3.8) is 0 Å². The fourth-order valence-electron chi connectivity index (χ4n) is 2.77. The predicted molar refractivity (Wildman–Crippen MR) is 126 cm³/mol. The lowest BCUT2D eigenvalue weighted by Gasteiger charge is -2.09. The number of nitrogens with zero attached hydrogens (tertiary/aromatic N) is 2. The van der Waals surface area contributed by atoms with Crippen molar-refractivity contribution in [1.29, 1.82) is 0 Å². The van der Waals surface area contributed by atoms with E-state index >= 15 is 0 Å². The molecule has 13 heteroatoms. The molecule has 0 radical (unpaired) electrons. The Balaban J connectivity index is 1.66. The minimum absolute atomic E-state index is 0.0522. The predicted octanol–water partition coefficient (Wildman–Crippen LogP) is 7.61. The molecule has 7 nitrogen and oxygen atoms in total. The minimum Gasteiger partial charge on any atom is -0.444 e. The number of benzene rings is 2. The maximum absolute atomic E-state index is 13.1. The van der Waals surface area contributed by atoms with Gasteiger partial charge in [-0.1, -0.05) is 56.8 Å². The topological polar surface area (TPSA) is 94.4 Å². The summed E-state index contributed by atoms with van der Waals surface area (Å²) in [6.07, 6.45) is -4.54. The highest BCUT2D eigenvalue weighted by Crippen LogP contribution is 2.42. The smallest absolute Gasteiger partial charge is 0.416 e. The molecule has 0 atom stereocenters. The summed E-state index contributed by atoms with van der Waals surface area (Å²) >= 11 is 4.96. The summed E-state index contributed by atoms with van der Waals surface area (Å²) in [5.41, 5.74) is 0.0450. The van der Waals surface area contributed by atoms with Gasteiger partial charge >= 0.3 is 11.2 Å². The molecule has 0 spiro atoms. The molecule has 4 rings (SSSR count). The molecule has 0 saturated heterocycles. The number of nitro groups is 1. The zero-order valence-electron chi connectivity index (χ0n) is 16.6. The normalized spacial score (nSPS) is 11.3. The second-order valence-electron chi connectivity index (χ2n) is 6.64. The molecule has 34 heavy (non-hydrogen) atoms. The van der Waals surface area contributed by atoms with Crippen LogP contribution in [-0.4, -0.2) is 15.8 Å². The van der Waals surface area contributed by atoms with Crippen LogP contribution in [0.1, 0.15) is 15.2 Å². The summed E-state index contributed by atoms with van der Waals surface area (Å²) in [7, 11) is 0. The summed E-state index contributed by atoms with van der Waals surface area (Å²) in [5.74, 6) is -0.664. The van der Waals surface area contributed by atoms with Crippen molar-refractivity contribution < 1.29 is 27.6 Å². The van der Waals surface area contributed by atoms with Gasteiger partial charge in [-0.3, -0.25) is 20.2 Å². The summed E-state index contributed by atoms with van der Waals surface area (Å²) in [5, 5.41) is 13.5. The molecule has 2 aromatic carbocycles. The molecule has 4 aromatic rings. The number of nitrogens with one attached hydrogen (secondary N) is 1. The highest BCUT2D eigenvalue weighted by Gasteiger charge is 2.31. The van der Waals surface area contributed by atoms with E-state index in [0.717, 1.165) is 27.9 Å². The number of thiazole rings is 1. The molecule has 1 amide bonds. The highest BCUT2D eigenvalue weighted by molar-refractivity contribution is 9.10. The molecule has 0 aliphatic rings. The van der Waals surface area contributed by atoms with Gasteiger partial charge in [0.15, 0.2) is 5.13 Å². The molecule has 0 aliphatic carbocycles. The van der Waals surface area contributed by atoms with Gasteiger partial charge in [-0.25, -0.2) is 4.98 Å². The van der Waals surface area contributed by atoms with Crippen molar-refractivity contribution in [2.24, 2.45) is 0 Å². The molecule has 0 fully saturated rings. The Morgan fingerprint density at radius 2 is 1.82 bits per heavy atom. The van der Waals surface area contributed by atoms with Crippen LogP contribution in [0.2, 0.25) is 0 Å². The number of aromatic nitrogens is 1. The van der Waals surface area contributed by atoms with Crippen LogP contribution in [0.25, 0.3) is 11.3 Å². The number of thiophene rings is 1. The molecule has 174 valence electrons. The van der Waals surface area contributed by atoms with Crippen molar-refractivity contribution in [3.8, 4) is 22.1 Å². The minimum atomic E-state index is -4.54. The lowest BCUT2D eigenvalue weighted by atomic mass is 10.2. The number of amides is 1. The number of hydrogen-bond donors (Lipinski definition) is 1. The van der Waals surface area contributed by atoms with E-state index in [-0.39, 0.29) is 25.8 Å². The van der Waals surface area contributed by atoms with Crippen LogP contribution in [0.5, 0.6) is 10.8 Å². The number of alkyl halides is 3. The Bertz CT molecular complexity index is 1370. The van der Waals surface area contributed by atoms with E-state index in [2.05, 4.69) is 26.2 Å². The van der Waals surface area contributed by atoms with Gasteiger partial charge in [0, 0.05) is 16.1 Å². The van der Waals surface area contributed by atoms with Gasteiger partial charge in [-0.15, -0.1) is 0 Å². The Labute approximate surface area is 206 Å². The van der Waals surface area contributed by atoms with Gasteiger partial charge in [0.1, 0.15) is 11.4 Å². The number of halogens is 4. The van der Waals surface area contributed by atoms with Crippen molar-refractivity contribution >= 4 is 54.6 Å². The lowest BCUT2D eigenvalue weighted by molar-refractivity contribution is -0.380. The van der Waals surface area contributed by atoms with Crippen molar-refractivity contribution in [3.05, 3.63) is 85.7 Å². The van der Waals surface area contributed by atoms with Gasteiger partial charge in [0.05, 0.1) is 15.4 Å². The average Bonchev–Trinajstić information content (AvgIpc) is 3.42. The van der Waals surface area contributed by atoms with Crippen molar-refractivity contribution in [2.75, 3.05) is 5.32 Å². The third kappa shape index (κ3) is 5.43. The van der Waals surface area contributed by atoms with E-state index < -0.39 is 22.6 Å². The Hall–Kier alpha value is -3.29. The maximum atomic E-state index is 13.1. The van der Waals surface area contributed by atoms with Crippen molar-refractivity contribution in [2.45, 2.75) is 6.18 Å². The highest BCUT2D eigenvalue weighted by atomic mass is 79.9. The van der Waals surface area contributed by atoms with Crippen LogP contribution in [0.3, 0.4) is 0 Å². The van der Waals surface area contributed by atoms with Crippen LogP contribution in [0, 0.1) is 10.1 Å². The number of hydrogen-bond acceptors (Lipinski definition) is 7. The molecule has 0 unspecified atom stereocenters. The van der Waals surface area contributed by atoms with Gasteiger partial charge in [0.25, 0.3) is 5.91 Å². The van der Waals surface area contributed by atoms with E-state index in [1.807, 2.05) is 0 Å². The summed E-state index contributed by atoms with van der Waals surface area (Å²) in [6, 6.07) is 13.9. The third-order valence-electron chi connectivity index (χ3n) is 4.30. The molecule has 2 heterocycles. The zero-order valence-corrected chi connectivity index (χ0v) is 19.8. The van der Waals surface area contributed by atoms with E-state index in [1.54, 1.807) is 24.3 Å². The number of ether oxygens (including phenoxy) is 1. The summed E-state index contributed by atoms with van der Waals surface area (Å²) in [4.78, 5) is 27.3. The second-order valence-corrected chi connectivity index (χ2v) is 9.58. The first-order chi connectivity index (χ1) is 16.1. The zero-order chi connectivity index (χ0) is 24.5. The number of anilines is 1. The fraction of sp³-hybridized carbons (Fsp3) is 0.0476. The monoisotopic (exact) mass is 569 g/mol. The van der Waals surface area contributed by atoms with E-state index in [4.69, 9.17) is 4.74 Å². The van der Waals surface area contributed by atoms with Crippen LogP contribution < -0.4 is 10.1 Å². The van der Waals surface area contributed by atoms with Gasteiger partial charge < -0.3 is 4.74 Å². The first-order valence-electron chi connectivity index (χ1n) is 9.27. The van der Waals surface area contributed by atoms with Crippen LogP contribution in [-0.2, 0) is 6.18 Å². The quantitative estimate of drug-likeness (QED) is 0.190. The first kappa shape index (κ1) is 23.9. The SMILES string of the molecule is O=C(Nc1nc(-c2ccc(Br)cc2)c(Oc2cccc(C(F)(F)F)c2)s1)c1ccc([N+](=O)[O-])s1. The molecule has 1 N–H and O–H groups in total. The average molecular weight is 570 g/mol. The standard InChI is InChI=1S/C21H11BrF3N3O4S2/c22-13-6-4-11(5-7-13)17-19(32-14-3-1-2-12(10-14)21(23,24)25)34-20(26-17)27-18(29)15-8-9-16(33-15)28(30)31/h1-10H,(H,26,27,29). The van der Waals surface area contributed by atoms with E-state index in [0.29, 0.717) is 22.6 Å². The number of rotatable bonds is 6. The van der Waals surface area contributed by atoms with Crippen LogP contribution in [0.4, 0.5) is 23.3 Å². The second kappa shape index (κ2) is 9.52. The molecule has 2 aromatic heterocycles. The third-order valence-corrected chi connectivity index (χ3v) is 6.71. The van der Waals surface area contributed by atoms with E-state index in [1.165, 1.54) is 24.3 Å². The Morgan fingerprint density at radius 1 is 1.09 bits per heavy atom. The van der Waals surface area contributed by atoms with E-state index in [9.17, 15) is 28.1 Å². The summed E-state index contributed by atoms with van der Waals surface area (Å²) < 4.78 is 45.8. The molecular formula is C21H11BrF3N3O4S2. The fourth-order valence-corrected chi connectivity index (χ4v) is 4.60. The Kier molecular flexibility index (Phi) is 6.68. The maximum Gasteiger partial charge on any atom is 0.416 e. The van der Waals surface area contributed by atoms with Gasteiger partial charge in [-0.2, -0.15) is 13.2 Å². The molecule has 0 bridgehead atoms. The largest absolute Gasteiger partial charge is 0.444 e. The molecule has 0 aliphatic heterocycles. The molecule has 0 saturated carbocycles. The number of carbonyl (C=O) groups excluding carboxylic acids is 1. The van der Waals surface area contributed by atoms with Crippen LogP contribution >= 0.6 is 38.6 Å². The van der Waals surface area contributed by atoms with Gasteiger partial charge in [-0.05, 0) is 36.4 Å². The van der Waals surface area contributed by atoms with Crippen LogP contribution in [0.15, 0.2) is 65.1 Å². The Morgan fingerprint density at radius 3 is 2.47 bits per heavy atom.